The van der Waals surface area contributed by atoms with E-state index < -0.39 is 0 Å². The van der Waals surface area contributed by atoms with Gasteiger partial charge in [-0.25, -0.2) is 4.98 Å². The zero-order chi connectivity index (χ0) is 24.7. The molecule has 1 aromatic heterocycles. The molecule has 0 bridgehead atoms. The van der Waals surface area contributed by atoms with Crippen LogP contribution in [0.15, 0.2) is 54.7 Å². The van der Waals surface area contributed by atoms with E-state index in [0.717, 1.165) is 48.9 Å². The van der Waals surface area contributed by atoms with Crippen LogP contribution < -0.4 is 20.7 Å². The number of nitrogens with two attached hydrogens (primary N) is 1. The molecule has 1 saturated heterocycles. The highest BCUT2D eigenvalue weighted by molar-refractivity contribution is 7.77. The SMILES string of the molecule is Cc1cnc(Nc2ccc(N3CCN(C)CC3)cc2)nc1Nc1cccc(C(C)(C)C)c1.NS. The molecule has 0 aliphatic carbocycles. The number of rotatable bonds is 5. The molecule has 1 fully saturated rings. The van der Waals surface area contributed by atoms with Crippen molar-refractivity contribution in [3.8, 4) is 0 Å². The molecule has 0 radical (unpaired) electrons. The van der Waals surface area contributed by atoms with Crippen LogP contribution in [-0.4, -0.2) is 48.1 Å². The number of anilines is 5. The summed E-state index contributed by atoms with van der Waals surface area (Å²) in [4.78, 5) is 14.0. The van der Waals surface area contributed by atoms with E-state index in [1.807, 2.05) is 13.1 Å². The van der Waals surface area contributed by atoms with Gasteiger partial charge in [0.1, 0.15) is 5.82 Å². The van der Waals surface area contributed by atoms with Crippen molar-refractivity contribution in [2.75, 3.05) is 48.8 Å². The highest BCUT2D eigenvalue weighted by atomic mass is 32.1. The van der Waals surface area contributed by atoms with Gasteiger partial charge in [-0.3, -0.25) is 5.14 Å². The first-order chi connectivity index (χ1) is 16.3. The van der Waals surface area contributed by atoms with Crippen molar-refractivity contribution in [3.63, 3.8) is 0 Å². The number of hydrogen-bond donors (Lipinski definition) is 4. The Hall–Kier alpha value is -2.81. The Bertz CT molecular complexity index is 1060. The van der Waals surface area contributed by atoms with Crippen LogP contribution >= 0.6 is 12.8 Å². The van der Waals surface area contributed by atoms with Crippen LogP contribution in [0.25, 0.3) is 0 Å². The summed E-state index contributed by atoms with van der Waals surface area (Å²) in [5.41, 5.74) is 5.65. The predicted molar refractivity (Wildman–Crippen MR) is 148 cm³/mol. The van der Waals surface area contributed by atoms with Crippen molar-refractivity contribution in [3.05, 3.63) is 65.9 Å². The first kappa shape index (κ1) is 25.8. The van der Waals surface area contributed by atoms with Crippen LogP contribution in [0.3, 0.4) is 0 Å². The van der Waals surface area contributed by atoms with E-state index >= 15 is 0 Å². The fraction of sp³-hybridized carbons (Fsp3) is 0.385. The number of hydrogen-bond acceptors (Lipinski definition) is 8. The fourth-order valence-electron chi connectivity index (χ4n) is 3.78. The van der Waals surface area contributed by atoms with Crippen LogP contribution in [0.5, 0.6) is 0 Å². The molecule has 2 heterocycles. The zero-order valence-corrected chi connectivity index (χ0v) is 21.7. The molecule has 3 aromatic rings. The Morgan fingerprint density at radius 1 is 0.912 bits per heavy atom. The molecule has 4 N–H and O–H groups in total. The van der Waals surface area contributed by atoms with E-state index in [9.17, 15) is 0 Å². The van der Waals surface area contributed by atoms with Gasteiger partial charge in [-0.05, 0) is 61.3 Å². The summed E-state index contributed by atoms with van der Waals surface area (Å²) >= 11 is 3.03. The van der Waals surface area contributed by atoms with Crippen molar-refractivity contribution in [1.29, 1.82) is 0 Å². The summed E-state index contributed by atoms with van der Waals surface area (Å²) in [5.74, 6) is 1.39. The summed E-state index contributed by atoms with van der Waals surface area (Å²) < 4.78 is 0. The van der Waals surface area contributed by atoms with Crippen molar-refractivity contribution < 1.29 is 0 Å². The first-order valence-corrected chi connectivity index (χ1v) is 12.1. The molecule has 0 spiro atoms. The minimum atomic E-state index is 0.0986. The Kier molecular flexibility index (Phi) is 8.77. The number of piperazine rings is 1. The van der Waals surface area contributed by atoms with Gasteiger partial charge in [-0.2, -0.15) is 4.98 Å². The van der Waals surface area contributed by atoms with E-state index in [2.05, 4.69) is 120 Å². The number of likely N-dealkylation sites (N-methyl/N-ethyl adjacent to an activating group) is 1. The number of aromatic nitrogens is 2. The Morgan fingerprint density at radius 2 is 1.59 bits per heavy atom. The van der Waals surface area contributed by atoms with Gasteiger partial charge >= 0.3 is 0 Å². The second kappa shape index (κ2) is 11.6. The molecular weight excluding hydrogens is 442 g/mol. The number of nitrogens with one attached hydrogen (secondary N) is 2. The smallest absolute Gasteiger partial charge is 0.229 e. The number of aryl methyl sites for hydroxylation is 1. The largest absolute Gasteiger partial charge is 0.369 e. The maximum absolute atomic E-state index is 4.73. The molecule has 182 valence electrons. The average molecular weight is 480 g/mol. The lowest BCUT2D eigenvalue weighted by atomic mass is 9.87. The van der Waals surface area contributed by atoms with Crippen LogP contribution in [0.2, 0.25) is 0 Å². The molecule has 0 amide bonds. The number of nitrogens with zero attached hydrogens (tertiary/aromatic N) is 4. The molecule has 1 aliphatic heterocycles. The molecule has 1 aliphatic rings. The van der Waals surface area contributed by atoms with Gasteiger partial charge in [0.05, 0.1) is 0 Å². The van der Waals surface area contributed by atoms with Crippen molar-refractivity contribution >= 4 is 41.6 Å². The normalized spacial score (nSPS) is 14.3. The maximum Gasteiger partial charge on any atom is 0.229 e. The Morgan fingerprint density at radius 3 is 2.24 bits per heavy atom. The number of benzene rings is 2. The zero-order valence-electron chi connectivity index (χ0n) is 20.8. The van der Waals surface area contributed by atoms with E-state index in [0.29, 0.717) is 5.95 Å². The third-order valence-corrected chi connectivity index (χ3v) is 5.95. The van der Waals surface area contributed by atoms with Crippen LogP contribution in [0, 0.1) is 6.92 Å². The maximum atomic E-state index is 4.73. The fourth-order valence-corrected chi connectivity index (χ4v) is 3.78. The van der Waals surface area contributed by atoms with Crippen molar-refractivity contribution in [2.24, 2.45) is 5.14 Å². The number of thiol groups is 1. The topological polar surface area (TPSA) is 82.3 Å². The Balaban J connectivity index is 0.00000158. The molecule has 0 unspecified atom stereocenters. The summed E-state index contributed by atoms with van der Waals surface area (Å²) in [7, 11) is 2.18. The van der Waals surface area contributed by atoms with E-state index in [1.165, 1.54) is 11.3 Å². The van der Waals surface area contributed by atoms with Crippen molar-refractivity contribution in [1.82, 2.24) is 14.9 Å². The van der Waals surface area contributed by atoms with Crippen LogP contribution in [-0.2, 0) is 5.41 Å². The summed E-state index contributed by atoms with van der Waals surface area (Å²) in [6.45, 7) is 13.0. The van der Waals surface area contributed by atoms with Gasteiger partial charge in [0.25, 0.3) is 0 Å². The Labute approximate surface area is 209 Å². The lowest BCUT2D eigenvalue weighted by molar-refractivity contribution is 0.313. The van der Waals surface area contributed by atoms with Crippen molar-refractivity contribution in [2.45, 2.75) is 33.1 Å². The second-order valence-electron chi connectivity index (χ2n) is 9.64. The van der Waals surface area contributed by atoms with E-state index in [1.54, 1.807) is 0 Å². The molecule has 4 rings (SSSR count). The van der Waals surface area contributed by atoms with Gasteiger partial charge < -0.3 is 20.4 Å². The summed E-state index contributed by atoms with van der Waals surface area (Å²) in [6, 6.07) is 17.0. The third-order valence-electron chi connectivity index (χ3n) is 5.95. The minimum absolute atomic E-state index is 0.0986. The van der Waals surface area contributed by atoms with Gasteiger partial charge in [0, 0.05) is 55.0 Å². The first-order valence-electron chi connectivity index (χ1n) is 11.6. The second-order valence-corrected chi connectivity index (χ2v) is 9.64. The van der Waals surface area contributed by atoms with Gasteiger partial charge in [0.15, 0.2) is 0 Å². The molecule has 0 atom stereocenters. The lowest BCUT2D eigenvalue weighted by Crippen LogP contribution is -2.44. The molecule has 2 aromatic carbocycles. The lowest BCUT2D eigenvalue weighted by Gasteiger charge is -2.34. The van der Waals surface area contributed by atoms with Gasteiger partial charge in [-0.15, -0.1) is 12.8 Å². The quantitative estimate of drug-likeness (QED) is 0.379. The molecular formula is C26H37N7S. The molecule has 34 heavy (non-hydrogen) atoms. The summed E-state index contributed by atoms with van der Waals surface area (Å²) in [5, 5.41) is 11.0. The van der Waals surface area contributed by atoms with Gasteiger partial charge in [0.2, 0.25) is 5.95 Å². The van der Waals surface area contributed by atoms with E-state index in [-0.39, 0.29) is 5.41 Å². The molecule has 7 nitrogen and oxygen atoms in total. The van der Waals surface area contributed by atoms with Crippen LogP contribution in [0.1, 0.15) is 31.9 Å². The average Bonchev–Trinajstić information content (AvgIpc) is 2.83. The molecule has 0 saturated carbocycles. The van der Waals surface area contributed by atoms with Gasteiger partial charge in [-0.1, -0.05) is 32.9 Å². The highest BCUT2D eigenvalue weighted by Gasteiger charge is 2.15. The minimum Gasteiger partial charge on any atom is -0.369 e. The predicted octanol–water partition coefficient (Wildman–Crippen LogP) is 5.11. The third kappa shape index (κ3) is 6.85. The molecule has 8 heteroatoms. The van der Waals surface area contributed by atoms with Crippen LogP contribution in [0.4, 0.5) is 28.8 Å². The standard InChI is InChI=1S/C26H34N6.H3NS/c1-19-18-27-25(30-24(19)28-22-8-6-7-20(17-22)26(2,3)4)29-21-9-11-23(12-10-21)32-15-13-31(5)14-16-32;1-2/h6-12,17-18H,13-16H2,1-5H3,(H2,27,28,29,30);2H,1H2. The highest BCUT2D eigenvalue weighted by Crippen LogP contribution is 2.27. The monoisotopic (exact) mass is 479 g/mol. The summed E-state index contributed by atoms with van der Waals surface area (Å²) in [6.07, 6.45) is 1.85. The van der Waals surface area contributed by atoms with E-state index in [4.69, 9.17) is 4.98 Å².